The minimum Gasteiger partial charge on any atom is -0.461 e. The van der Waals surface area contributed by atoms with E-state index in [9.17, 15) is 4.79 Å². The third-order valence-electron chi connectivity index (χ3n) is 4.02. The molecule has 0 aliphatic rings. The highest BCUT2D eigenvalue weighted by Crippen LogP contribution is 2.28. The van der Waals surface area contributed by atoms with E-state index in [-0.39, 0.29) is 17.2 Å². The smallest absolute Gasteiger partial charge is 0.233 e. The topological polar surface area (TPSA) is 73.0 Å². The number of nitrogens with one attached hydrogen (secondary N) is 1. The molecule has 2 unspecified atom stereocenters. The summed E-state index contributed by atoms with van der Waals surface area (Å²) in [5, 5.41) is 12.6. The molecule has 2 heterocycles. The number of benzene rings is 1. The molecule has 0 radical (unpaired) electrons. The van der Waals surface area contributed by atoms with Crippen LogP contribution in [0, 0.1) is 0 Å². The number of aromatic nitrogens is 3. The monoisotopic (exact) mass is 424 g/mol. The summed E-state index contributed by atoms with van der Waals surface area (Å²) >= 11 is 13.5. The Kier molecular flexibility index (Phi) is 6.14. The summed E-state index contributed by atoms with van der Waals surface area (Å²) in [7, 11) is 1.83. The normalized spacial score (nSPS) is 13.4. The fourth-order valence-electron chi connectivity index (χ4n) is 2.51. The van der Waals surface area contributed by atoms with Gasteiger partial charge in [0.25, 0.3) is 0 Å². The quantitative estimate of drug-likeness (QED) is 0.578. The Labute approximate surface area is 171 Å². The summed E-state index contributed by atoms with van der Waals surface area (Å²) in [4.78, 5) is 12.6. The highest BCUT2D eigenvalue weighted by Gasteiger charge is 2.22. The number of rotatable bonds is 6. The SMILES string of the molecule is CC(Sc1nnc(-c2ccco2)n1C)C(=O)NC(C)c1ccc(Cl)cc1Cl. The zero-order valence-corrected chi connectivity index (χ0v) is 17.3. The van der Waals surface area contributed by atoms with Gasteiger partial charge in [0, 0.05) is 17.1 Å². The molecule has 1 aromatic carbocycles. The van der Waals surface area contributed by atoms with Crippen molar-refractivity contribution in [2.75, 3.05) is 0 Å². The van der Waals surface area contributed by atoms with E-state index in [2.05, 4.69) is 15.5 Å². The molecule has 0 spiro atoms. The molecule has 142 valence electrons. The van der Waals surface area contributed by atoms with E-state index in [0.717, 1.165) is 5.56 Å². The second-order valence-corrected chi connectivity index (χ2v) is 8.15. The van der Waals surface area contributed by atoms with E-state index in [1.807, 2.05) is 33.0 Å². The fourth-order valence-corrected chi connectivity index (χ4v) is 3.91. The summed E-state index contributed by atoms with van der Waals surface area (Å²) in [6, 6.07) is 8.58. The van der Waals surface area contributed by atoms with Crippen molar-refractivity contribution in [2.24, 2.45) is 7.05 Å². The molecule has 0 saturated carbocycles. The minimum atomic E-state index is -0.370. The molecule has 0 saturated heterocycles. The van der Waals surface area contributed by atoms with Crippen molar-refractivity contribution in [3.8, 4) is 11.6 Å². The second kappa shape index (κ2) is 8.37. The van der Waals surface area contributed by atoms with Crippen LogP contribution in [0.25, 0.3) is 11.6 Å². The third-order valence-corrected chi connectivity index (χ3v) is 5.71. The number of furan rings is 1. The Bertz CT molecular complexity index is 943. The van der Waals surface area contributed by atoms with Crippen LogP contribution < -0.4 is 5.32 Å². The highest BCUT2D eigenvalue weighted by atomic mass is 35.5. The lowest BCUT2D eigenvalue weighted by atomic mass is 10.1. The van der Waals surface area contributed by atoms with Gasteiger partial charge < -0.3 is 14.3 Å². The Hall–Kier alpha value is -1.96. The first-order valence-corrected chi connectivity index (χ1v) is 9.85. The Morgan fingerprint density at radius 1 is 1.26 bits per heavy atom. The first-order chi connectivity index (χ1) is 12.9. The second-order valence-electron chi connectivity index (χ2n) is 6.00. The standard InChI is InChI=1S/C18H18Cl2N4O2S/c1-10(13-7-6-12(19)9-14(13)20)21-17(25)11(2)27-18-23-22-16(24(18)3)15-5-4-8-26-15/h4-11H,1-3H3,(H,21,25). The minimum absolute atomic E-state index is 0.124. The van der Waals surface area contributed by atoms with E-state index in [0.29, 0.717) is 26.8 Å². The van der Waals surface area contributed by atoms with Crippen molar-refractivity contribution < 1.29 is 9.21 Å². The molecule has 2 aromatic heterocycles. The van der Waals surface area contributed by atoms with Crippen LogP contribution in [-0.4, -0.2) is 25.9 Å². The van der Waals surface area contributed by atoms with Gasteiger partial charge in [0.1, 0.15) is 0 Å². The summed E-state index contributed by atoms with van der Waals surface area (Å²) in [6.07, 6.45) is 1.58. The Morgan fingerprint density at radius 3 is 2.70 bits per heavy atom. The molecule has 0 aliphatic heterocycles. The van der Waals surface area contributed by atoms with Crippen LogP contribution in [-0.2, 0) is 11.8 Å². The van der Waals surface area contributed by atoms with Gasteiger partial charge in [-0.05, 0) is 43.7 Å². The van der Waals surface area contributed by atoms with E-state index in [4.69, 9.17) is 27.6 Å². The van der Waals surface area contributed by atoms with E-state index in [1.165, 1.54) is 11.8 Å². The highest BCUT2D eigenvalue weighted by molar-refractivity contribution is 8.00. The number of thioether (sulfide) groups is 1. The van der Waals surface area contributed by atoms with Crippen molar-refractivity contribution in [1.82, 2.24) is 20.1 Å². The maximum absolute atomic E-state index is 12.6. The molecule has 3 rings (SSSR count). The lowest BCUT2D eigenvalue weighted by Crippen LogP contribution is -2.33. The number of amides is 1. The van der Waals surface area contributed by atoms with Gasteiger partial charge in [-0.25, -0.2) is 0 Å². The molecule has 1 N–H and O–H groups in total. The lowest BCUT2D eigenvalue weighted by molar-refractivity contribution is -0.120. The first-order valence-electron chi connectivity index (χ1n) is 8.22. The van der Waals surface area contributed by atoms with E-state index >= 15 is 0 Å². The predicted octanol–water partition coefficient (Wildman–Crippen LogP) is 4.74. The van der Waals surface area contributed by atoms with Crippen LogP contribution in [0.3, 0.4) is 0 Å². The number of halogens is 2. The van der Waals surface area contributed by atoms with Gasteiger partial charge in [0.2, 0.25) is 5.91 Å². The molecule has 1 amide bonds. The van der Waals surface area contributed by atoms with Crippen LogP contribution in [0.15, 0.2) is 46.2 Å². The molecule has 0 bridgehead atoms. The van der Waals surface area contributed by atoms with Crippen LogP contribution >= 0.6 is 35.0 Å². The molecular weight excluding hydrogens is 407 g/mol. The molecule has 6 nitrogen and oxygen atoms in total. The van der Waals surface area contributed by atoms with Gasteiger partial charge in [0.05, 0.1) is 17.6 Å². The molecule has 0 fully saturated rings. The summed E-state index contributed by atoms with van der Waals surface area (Å²) in [5.74, 6) is 1.11. The average Bonchev–Trinajstić information content (AvgIpc) is 3.25. The fraction of sp³-hybridized carbons (Fsp3) is 0.278. The largest absolute Gasteiger partial charge is 0.461 e. The number of hydrogen-bond donors (Lipinski definition) is 1. The van der Waals surface area contributed by atoms with Crippen LogP contribution in [0.4, 0.5) is 0 Å². The summed E-state index contributed by atoms with van der Waals surface area (Å²) in [6.45, 7) is 3.69. The van der Waals surface area contributed by atoms with Gasteiger partial charge in [-0.2, -0.15) is 0 Å². The van der Waals surface area contributed by atoms with Gasteiger partial charge in [-0.1, -0.05) is 41.0 Å². The van der Waals surface area contributed by atoms with Crippen LogP contribution in [0.1, 0.15) is 25.5 Å². The number of hydrogen-bond acceptors (Lipinski definition) is 5. The zero-order valence-electron chi connectivity index (χ0n) is 14.9. The number of carbonyl (C=O) groups is 1. The third kappa shape index (κ3) is 4.48. The van der Waals surface area contributed by atoms with Gasteiger partial charge >= 0.3 is 0 Å². The van der Waals surface area contributed by atoms with Crippen LogP contribution in [0.2, 0.25) is 10.0 Å². The Balaban J connectivity index is 1.66. The van der Waals surface area contributed by atoms with Crippen molar-refractivity contribution >= 4 is 40.9 Å². The van der Waals surface area contributed by atoms with Gasteiger partial charge in [-0.15, -0.1) is 10.2 Å². The van der Waals surface area contributed by atoms with Crippen molar-refractivity contribution in [3.63, 3.8) is 0 Å². The average molecular weight is 425 g/mol. The van der Waals surface area contributed by atoms with E-state index < -0.39 is 0 Å². The lowest BCUT2D eigenvalue weighted by Gasteiger charge is -2.18. The number of nitrogens with zero attached hydrogens (tertiary/aromatic N) is 3. The Morgan fingerprint density at radius 2 is 2.04 bits per heavy atom. The maximum atomic E-state index is 12.6. The zero-order chi connectivity index (χ0) is 19.6. The molecule has 27 heavy (non-hydrogen) atoms. The van der Waals surface area contributed by atoms with Gasteiger partial charge in [-0.3, -0.25) is 4.79 Å². The molecular formula is C18H18Cl2N4O2S. The first kappa shape index (κ1) is 19.8. The molecule has 2 atom stereocenters. The van der Waals surface area contributed by atoms with Crippen molar-refractivity contribution in [3.05, 3.63) is 52.2 Å². The maximum Gasteiger partial charge on any atom is 0.233 e. The number of carbonyl (C=O) groups excluding carboxylic acids is 1. The predicted molar refractivity (Wildman–Crippen MR) is 107 cm³/mol. The molecule has 0 aliphatic carbocycles. The van der Waals surface area contributed by atoms with E-state index in [1.54, 1.807) is 29.0 Å². The molecule has 3 aromatic rings. The summed E-state index contributed by atoms with van der Waals surface area (Å²) < 4.78 is 7.15. The van der Waals surface area contributed by atoms with Crippen molar-refractivity contribution in [2.45, 2.75) is 30.3 Å². The van der Waals surface area contributed by atoms with Crippen molar-refractivity contribution in [1.29, 1.82) is 0 Å². The molecule has 9 heteroatoms. The van der Waals surface area contributed by atoms with Gasteiger partial charge in [0.15, 0.2) is 16.7 Å². The summed E-state index contributed by atoms with van der Waals surface area (Å²) in [5.41, 5.74) is 0.811. The van der Waals surface area contributed by atoms with Crippen LogP contribution in [0.5, 0.6) is 0 Å².